The van der Waals surface area contributed by atoms with Crippen molar-refractivity contribution in [3.63, 3.8) is 0 Å². The van der Waals surface area contributed by atoms with Crippen LogP contribution in [0.2, 0.25) is 0 Å². The highest BCUT2D eigenvalue weighted by Gasteiger charge is 2.25. The fraction of sp³-hybridized carbons (Fsp3) is 0.222. The van der Waals surface area contributed by atoms with Crippen molar-refractivity contribution in [3.05, 3.63) is 78.4 Å². The predicted octanol–water partition coefficient (Wildman–Crippen LogP) is 4.68. The zero-order valence-corrected chi connectivity index (χ0v) is 19.9. The Bertz CT molecular complexity index is 1330. The minimum absolute atomic E-state index is 0.0208. The monoisotopic (exact) mass is 488 g/mol. The molecule has 1 N–H and O–H groups in total. The van der Waals surface area contributed by atoms with Gasteiger partial charge >= 0.3 is 6.09 Å². The third-order valence-electron chi connectivity index (χ3n) is 6.13. The summed E-state index contributed by atoms with van der Waals surface area (Å²) in [5.41, 5.74) is 3.29. The molecule has 0 radical (unpaired) electrons. The van der Waals surface area contributed by atoms with Crippen LogP contribution in [0.25, 0.3) is 21.8 Å². The van der Waals surface area contributed by atoms with Crippen molar-refractivity contribution in [2.75, 3.05) is 43.5 Å². The molecule has 1 aromatic heterocycles. The smallest absolute Gasteiger partial charge is 0.410 e. The standard InChI is InChI=1S/C27H25ClN4O3/c28-12-13-29-27(34)35-20-7-5-6-19(18-20)31-14-16-32(17-15-31)26(33)25-21-8-1-3-10-23(21)30-24-11-4-2-9-22(24)25/h1-11,18H,12-17H2,(H,29,34). The van der Waals surface area contributed by atoms with Gasteiger partial charge in [0.25, 0.3) is 5.91 Å². The number of nitrogens with one attached hydrogen (secondary N) is 1. The highest BCUT2D eigenvalue weighted by Crippen LogP contribution is 2.28. The summed E-state index contributed by atoms with van der Waals surface area (Å²) >= 11 is 5.60. The first-order valence-corrected chi connectivity index (χ1v) is 12.1. The number of ether oxygens (including phenoxy) is 1. The number of carbonyl (C=O) groups is 2. The molecule has 0 saturated carbocycles. The summed E-state index contributed by atoms with van der Waals surface area (Å²) in [7, 11) is 0. The Labute approximate surface area is 208 Å². The third-order valence-corrected chi connectivity index (χ3v) is 6.31. The lowest BCUT2D eigenvalue weighted by molar-refractivity contribution is 0.0750. The molecule has 8 heteroatoms. The fourth-order valence-corrected chi connectivity index (χ4v) is 4.53. The quantitative estimate of drug-likeness (QED) is 0.326. The molecule has 0 bridgehead atoms. The molecule has 0 unspecified atom stereocenters. The molecule has 5 rings (SSSR count). The predicted molar refractivity (Wildman–Crippen MR) is 139 cm³/mol. The summed E-state index contributed by atoms with van der Waals surface area (Å²) in [5, 5.41) is 4.33. The maximum atomic E-state index is 13.7. The van der Waals surface area contributed by atoms with Gasteiger partial charge in [-0.2, -0.15) is 0 Å². The van der Waals surface area contributed by atoms with Crippen molar-refractivity contribution in [1.82, 2.24) is 15.2 Å². The first-order valence-electron chi connectivity index (χ1n) is 11.6. The molecule has 0 aliphatic carbocycles. The summed E-state index contributed by atoms with van der Waals surface area (Å²) in [6.45, 7) is 2.87. The van der Waals surface area contributed by atoms with E-state index in [4.69, 9.17) is 21.3 Å². The zero-order valence-electron chi connectivity index (χ0n) is 19.1. The zero-order chi connectivity index (χ0) is 24.2. The second-order valence-electron chi connectivity index (χ2n) is 8.30. The van der Waals surface area contributed by atoms with E-state index in [1.165, 1.54) is 0 Å². The Hall–Kier alpha value is -3.84. The number of halogens is 1. The number of piperazine rings is 1. The van der Waals surface area contributed by atoms with Crippen molar-refractivity contribution in [2.24, 2.45) is 0 Å². The van der Waals surface area contributed by atoms with Crippen LogP contribution in [0.15, 0.2) is 72.8 Å². The van der Waals surface area contributed by atoms with Gasteiger partial charge in [-0.1, -0.05) is 42.5 Å². The van der Waals surface area contributed by atoms with E-state index in [2.05, 4.69) is 10.2 Å². The van der Waals surface area contributed by atoms with E-state index in [-0.39, 0.29) is 5.91 Å². The Balaban J connectivity index is 1.33. The molecule has 1 saturated heterocycles. The largest absolute Gasteiger partial charge is 0.412 e. The van der Waals surface area contributed by atoms with Crippen molar-refractivity contribution in [1.29, 1.82) is 0 Å². The van der Waals surface area contributed by atoms with Gasteiger partial charge in [0.2, 0.25) is 0 Å². The Kier molecular flexibility index (Phi) is 6.68. The number of pyridine rings is 1. The van der Waals surface area contributed by atoms with E-state index in [1.807, 2.05) is 71.6 Å². The van der Waals surface area contributed by atoms with Crippen LogP contribution in [0.3, 0.4) is 0 Å². The molecule has 7 nitrogen and oxygen atoms in total. The lowest BCUT2D eigenvalue weighted by atomic mass is 10.0. The number of amides is 2. The van der Waals surface area contributed by atoms with Crippen LogP contribution in [0.5, 0.6) is 5.75 Å². The lowest BCUT2D eigenvalue weighted by Crippen LogP contribution is -2.48. The Morgan fingerprint density at radius 2 is 1.54 bits per heavy atom. The van der Waals surface area contributed by atoms with Gasteiger partial charge in [-0.05, 0) is 24.3 Å². The number of aromatic nitrogens is 1. The number of hydrogen-bond donors (Lipinski definition) is 1. The van der Waals surface area contributed by atoms with Gasteiger partial charge < -0.3 is 19.9 Å². The minimum atomic E-state index is -0.532. The molecule has 2 heterocycles. The average molecular weight is 489 g/mol. The number of benzene rings is 3. The molecule has 35 heavy (non-hydrogen) atoms. The Morgan fingerprint density at radius 1 is 0.886 bits per heavy atom. The van der Waals surface area contributed by atoms with E-state index in [9.17, 15) is 9.59 Å². The van der Waals surface area contributed by atoms with Crippen LogP contribution in [0.4, 0.5) is 10.5 Å². The topological polar surface area (TPSA) is 74.8 Å². The maximum Gasteiger partial charge on any atom is 0.412 e. The van der Waals surface area contributed by atoms with E-state index in [0.29, 0.717) is 49.9 Å². The number of rotatable bonds is 5. The fourth-order valence-electron chi connectivity index (χ4n) is 4.43. The lowest BCUT2D eigenvalue weighted by Gasteiger charge is -2.36. The van der Waals surface area contributed by atoms with Crippen molar-refractivity contribution in [3.8, 4) is 5.75 Å². The highest BCUT2D eigenvalue weighted by molar-refractivity contribution is 6.18. The van der Waals surface area contributed by atoms with Gasteiger partial charge in [0, 0.05) is 61.1 Å². The van der Waals surface area contributed by atoms with E-state index >= 15 is 0 Å². The van der Waals surface area contributed by atoms with Crippen molar-refractivity contribution < 1.29 is 14.3 Å². The van der Waals surface area contributed by atoms with Gasteiger partial charge in [0.1, 0.15) is 5.75 Å². The molecule has 3 aromatic carbocycles. The van der Waals surface area contributed by atoms with Gasteiger partial charge in [-0.25, -0.2) is 9.78 Å². The van der Waals surface area contributed by atoms with Crippen LogP contribution in [0, 0.1) is 0 Å². The third kappa shape index (κ3) is 4.86. The number of para-hydroxylation sites is 2. The second-order valence-corrected chi connectivity index (χ2v) is 8.68. The van der Waals surface area contributed by atoms with Gasteiger partial charge in [0.15, 0.2) is 0 Å². The van der Waals surface area contributed by atoms with E-state index < -0.39 is 6.09 Å². The molecule has 4 aromatic rings. The van der Waals surface area contributed by atoms with Crippen molar-refractivity contribution >= 4 is 51.1 Å². The molecule has 2 amide bonds. The van der Waals surface area contributed by atoms with Crippen LogP contribution in [0.1, 0.15) is 10.4 Å². The second kappa shape index (κ2) is 10.2. The summed E-state index contributed by atoms with van der Waals surface area (Å²) in [5.74, 6) is 0.804. The number of hydrogen-bond acceptors (Lipinski definition) is 5. The molecule has 1 aliphatic rings. The van der Waals surface area contributed by atoms with Gasteiger partial charge in [-0.3, -0.25) is 4.79 Å². The molecule has 1 aliphatic heterocycles. The summed E-state index contributed by atoms with van der Waals surface area (Å²) in [4.78, 5) is 34.4. The van der Waals surface area contributed by atoms with Gasteiger partial charge in [0.05, 0.1) is 16.6 Å². The number of nitrogens with zero attached hydrogens (tertiary/aromatic N) is 3. The van der Waals surface area contributed by atoms with Crippen molar-refractivity contribution in [2.45, 2.75) is 0 Å². The minimum Gasteiger partial charge on any atom is -0.410 e. The summed E-state index contributed by atoms with van der Waals surface area (Å²) in [6, 6.07) is 23.0. The number of anilines is 1. The molecule has 0 spiro atoms. The molecule has 0 atom stereocenters. The van der Waals surface area contributed by atoms with Crippen LogP contribution in [-0.2, 0) is 0 Å². The molecular formula is C27H25ClN4O3. The summed E-state index contributed by atoms with van der Waals surface area (Å²) in [6.07, 6.45) is -0.532. The SMILES string of the molecule is O=C(NCCCl)Oc1cccc(N2CCN(C(=O)c3c4ccccc4nc4ccccc34)CC2)c1. The van der Waals surface area contributed by atoms with Crippen LogP contribution in [-0.4, -0.2) is 60.5 Å². The molecule has 178 valence electrons. The normalized spacial score (nSPS) is 13.7. The molecule has 1 fully saturated rings. The molecular weight excluding hydrogens is 464 g/mol. The van der Waals surface area contributed by atoms with Gasteiger partial charge in [-0.15, -0.1) is 11.6 Å². The maximum absolute atomic E-state index is 13.7. The number of fused-ring (bicyclic) bond motifs is 2. The van der Waals surface area contributed by atoms with E-state index in [1.54, 1.807) is 6.07 Å². The van der Waals surface area contributed by atoms with Crippen LogP contribution >= 0.6 is 11.6 Å². The first kappa shape index (κ1) is 22.9. The number of carbonyl (C=O) groups excluding carboxylic acids is 2. The summed E-state index contributed by atoms with van der Waals surface area (Å²) < 4.78 is 5.34. The van der Waals surface area contributed by atoms with Crippen LogP contribution < -0.4 is 15.0 Å². The highest BCUT2D eigenvalue weighted by atomic mass is 35.5. The van der Waals surface area contributed by atoms with E-state index in [0.717, 1.165) is 27.5 Å². The number of alkyl halides is 1. The average Bonchev–Trinajstić information content (AvgIpc) is 2.90. The Morgan fingerprint density at radius 3 is 2.20 bits per heavy atom. The first-order chi connectivity index (χ1) is 17.1.